The van der Waals surface area contributed by atoms with Crippen molar-refractivity contribution in [2.24, 2.45) is 0 Å². The van der Waals surface area contributed by atoms with Crippen molar-refractivity contribution in [2.75, 3.05) is 14.2 Å². The molecule has 2 aromatic heterocycles. The van der Waals surface area contributed by atoms with Gasteiger partial charge in [-0.25, -0.2) is 4.98 Å². The second kappa shape index (κ2) is 7.40. The van der Waals surface area contributed by atoms with Gasteiger partial charge in [-0.1, -0.05) is 12.1 Å². The Labute approximate surface area is 173 Å². The van der Waals surface area contributed by atoms with E-state index in [-0.39, 0.29) is 0 Å². The first-order valence-electron chi connectivity index (χ1n) is 9.59. The minimum absolute atomic E-state index is 0.765. The number of nitrogens with zero attached hydrogens (tertiary/aromatic N) is 2. The van der Waals surface area contributed by atoms with Crippen LogP contribution in [0, 0.1) is 0 Å². The van der Waals surface area contributed by atoms with Crippen LogP contribution in [0.15, 0.2) is 72.8 Å². The molecule has 148 valence electrons. The van der Waals surface area contributed by atoms with E-state index in [2.05, 4.69) is 15.2 Å². The molecule has 0 unspecified atom stereocenters. The molecule has 0 atom stereocenters. The minimum Gasteiger partial charge on any atom is -0.497 e. The number of hydrogen-bond acceptors (Lipinski definition) is 4. The number of para-hydroxylation sites is 2. The fourth-order valence-corrected chi connectivity index (χ4v) is 3.57. The lowest BCUT2D eigenvalue weighted by atomic mass is 10.0. The summed E-state index contributed by atoms with van der Waals surface area (Å²) in [7, 11) is 3.32. The van der Waals surface area contributed by atoms with Crippen molar-refractivity contribution in [1.82, 2.24) is 20.2 Å². The first kappa shape index (κ1) is 18.0. The highest BCUT2D eigenvalue weighted by molar-refractivity contribution is 5.92. The van der Waals surface area contributed by atoms with Gasteiger partial charge in [0.1, 0.15) is 23.0 Å². The maximum atomic E-state index is 5.30. The van der Waals surface area contributed by atoms with E-state index in [0.29, 0.717) is 0 Å². The summed E-state index contributed by atoms with van der Waals surface area (Å²) in [6.45, 7) is 0. The smallest absolute Gasteiger partial charge is 0.142 e. The highest BCUT2D eigenvalue weighted by atomic mass is 16.5. The number of rotatable bonds is 5. The molecule has 0 bridgehead atoms. The lowest BCUT2D eigenvalue weighted by Gasteiger charge is -2.06. The van der Waals surface area contributed by atoms with Crippen LogP contribution in [0.4, 0.5) is 0 Å². The van der Waals surface area contributed by atoms with E-state index < -0.39 is 0 Å². The predicted molar refractivity (Wildman–Crippen MR) is 118 cm³/mol. The van der Waals surface area contributed by atoms with Crippen LogP contribution in [0.3, 0.4) is 0 Å². The van der Waals surface area contributed by atoms with Crippen LogP contribution in [0.25, 0.3) is 44.9 Å². The van der Waals surface area contributed by atoms with Gasteiger partial charge >= 0.3 is 0 Å². The molecule has 5 aromatic rings. The molecule has 6 heteroatoms. The van der Waals surface area contributed by atoms with Crippen LogP contribution in [-0.2, 0) is 0 Å². The van der Waals surface area contributed by atoms with E-state index in [1.165, 1.54) is 0 Å². The fraction of sp³-hybridized carbons (Fsp3) is 0.0833. The molecular formula is C24H20N4O2. The molecule has 0 aliphatic carbocycles. The average Bonchev–Trinajstić information content (AvgIpc) is 3.43. The van der Waals surface area contributed by atoms with Crippen molar-refractivity contribution >= 4 is 11.0 Å². The Morgan fingerprint density at radius 2 is 1.37 bits per heavy atom. The molecule has 0 fully saturated rings. The highest BCUT2D eigenvalue weighted by Crippen LogP contribution is 2.38. The lowest BCUT2D eigenvalue weighted by molar-refractivity contribution is 0.415. The normalized spacial score (nSPS) is 11.0. The summed E-state index contributed by atoms with van der Waals surface area (Å²) in [5.74, 6) is 2.37. The third kappa shape index (κ3) is 3.08. The van der Waals surface area contributed by atoms with Crippen LogP contribution in [0.1, 0.15) is 0 Å². The van der Waals surface area contributed by atoms with Crippen molar-refractivity contribution in [3.05, 3.63) is 72.8 Å². The van der Waals surface area contributed by atoms with E-state index >= 15 is 0 Å². The molecule has 2 heterocycles. The highest BCUT2D eigenvalue weighted by Gasteiger charge is 2.21. The maximum Gasteiger partial charge on any atom is 0.142 e. The predicted octanol–water partition coefficient (Wildman–Crippen LogP) is 5.30. The van der Waals surface area contributed by atoms with E-state index in [0.717, 1.165) is 56.4 Å². The molecule has 3 aromatic carbocycles. The molecule has 2 N–H and O–H groups in total. The number of hydrogen-bond donors (Lipinski definition) is 2. The van der Waals surface area contributed by atoms with Crippen molar-refractivity contribution in [1.29, 1.82) is 0 Å². The van der Waals surface area contributed by atoms with E-state index in [1.807, 2.05) is 72.8 Å². The number of H-pyrrole nitrogens is 2. The molecule has 0 amide bonds. The number of fused-ring (bicyclic) bond motifs is 1. The third-order valence-electron chi connectivity index (χ3n) is 5.13. The van der Waals surface area contributed by atoms with E-state index in [9.17, 15) is 0 Å². The van der Waals surface area contributed by atoms with Crippen LogP contribution in [0.2, 0.25) is 0 Å². The van der Waals surface area contributed by atoms with Gasteiger partial charge in [0, 0.05) is 11.1 Å². The second-order valence-electron chi connectivity index (χ2n) is 6.88. The molecule has 0 aliphatic heterocycles. The van der Waals surface area contributed by atoms with Gasteiger partial charge in [0.15, 0.2) is 0 Å². The van der Waals surface area contributed by atoms with Crippen molar-refractivity contribution in [3.8, 4) is 45.4 Å². The Balaban J connectivity index is 1.71. The SMILES string of the molecule is COc1ccc(-c2n[nH]c(-c3ccc(OC)cc3)c2-c2nc3ccccc3[nH]2)cc1. The monoisotopic (exact) mass is 396 g/mol. The largest absolute Gasteiger partial charge is 0.497 e. The summed E-state index contributed by atoms with van der Waals surface area (Å²) in [6, 6.07) is 23.7. The molecule has 0 spiro atoms. The first-order valence-corrected chi connectivity index (χ1v) is 9.59. The third-order valence-corrected chi connectivity index (χ3v) is 5.13. The standard InChI is InChI=1S/C24H20N4O2/c1-29-17-11-7-15(8-12-17)22-21(24-25-19-5-3-4-6-20(19)26-24)23(28-27-22)16-9-13-18(30-2)14-10-16/h3-14H,1-2H3,(H,25,26)(H,27,28). The van der Waals surface area contributed by atoms with E-state index in [1.54, 1.807) is 14.2 Å². The zero-order valence-electron chi connectivity index (χ0n) is 16.6. The number of aromatic amines is 2. The van der Waals surface area contributed by atoms with Crippen molar-refractivity contribution in [3.63, 3.8) is 0 Å². The van der Waals surface area contributed by atoms with E-state index in [4.69, 9.17) is 14.5 Å². The van der Waals surface area contributed by atoms with Crippen molar-refractivity contribution in [2.45, 2.75) is 0 Å². The number of ether oxygens (including phenoxy) is 2. The van der Waals surface area contributed by atoms with Gasteiger partial charge in [-0.2, -0.15) is 5.10 Å². The molecule has 0 saturated heterocycles. The number of benzene rings is 3. The van der Waals surface area contributed by atoms with Crippen LogP contribution < -0.4 is 9.47 Å². The molecule has 30 heavy (non-hydrogen) atoms. The van der Waals surface area contributed by atoms with Gasteiger partial charge in [0.25, 0.3) is 0 Å². The number of imidazole rings is 1. The molecule has 5 rings (SSSR count). The van der Waals surface area contributed by atoms with Gasteiger partial charge in [0.2, 0.25) is 0 Å². The summed E-state index contributed by atoms with van der Waals surface area (Å²) >= 11 is 0. The molecule has 0 aliphatic rings. The van der Waals surface area contributed by atoms with Crippen LogP contribution in [0.5, 0.6) is 11.5 Å². The average molecular weight is 396 g/mol. The van der Waals surface area contributed by atoms with Crippen LogP contribution in [-0.4, -0.2) is 34.4 Å². The zero-order valence-corrected chi connectivity index (χ0v) is 16.6. The summed E-state index contributed by atoms with van der Waals surface area (Å²) in [4.78, 5) is 8.27. The molecule has 6 nitrogen and oxygen atoms in total. The Morgan fingerprint density at radius 1 is 0.733 bits per heavy atom. The summed E-state index contributed by atoms with van der Waals surface area (Å²) in [6.07, 6.45) is 0. The molecular weight excluding hydrogens is 376 g/mol. The minimum atomic E-state index is 0.765. The van der Waals surface area contributed by atoms with Gasteiger partial charge in [-0.3, -0.25) is 5.10 Å². The Morgan fingerprint density at radius 3 is 2.00 bits per heavy atom. The number of aromatic nitrogens is 4. The van der Waals surface area contributed by atoms with Gasteiger partial charge < -0.3 is 14.5 Å². The Hall–Kier alpha value is -4.06. The fourth-order valence-electron chi connectivity index (χ4n) is 3.57. The second-order valence-corrected chi connectivity index (χ2v) is 6.88. The molecule has 0 saturated carbocycles. The quantitative estimate of drug-likeness (QED) is 0.422. The topological polar surface area (TPSA) is 75.8 Å². The zero-order chi connectivity index (χ0) is 20.5. The maximum absolute atomic E-state index is 5.30. The number of methoxy groups -OCH3 is 2. The Kier molecular flexibility index (Phi) is 4.44. The Bertz CT molecular complexity index is 1200. The summed E-state index contributed by atoms with van der Waals surface area (Å²) in [5.41, 5.74) is 6.50. The molecule has 0 radical (unpaired) electrons. The van der Waals surface area contributed by atoms with Crippen LogP contribution >= 0.6 is 0 Å². The van der Waals surface area contributed by atoms with Gasteiger partial charge in [-0.15, -0.1) is 0 Å². The lowest BCUT2D eigenvalue weighted by Crippen LogP contribution is -1.89. The van der Waals surface area contributed by atoms with Crippen molar-refractivity contribution < 1.29 is 9.47 Å². The van der Waals surface area contributed by atoms with Gasteiger partial charge in [0.05, 0.1) is 36.5 Å². The summed E-state index contributed by atoms with van der Waals surface area (Å²) < 4.78 is 10.6. The first-order chi connectivity index (χ1) is 14.8. The van der Waals surface area contributed by atoms with Gasteiger partial charge in [-0.05, 0) is 60.7 Å². The number of nitrogens with one attached hydrogen (secondary N) is 2. The summed E-state index contributed by atoms with van der Waals surface area (Å²) in [5, 5.41) is 7.87.